The number of hydrogen-bond donors (Lipinski definition) is 3. The van der Waals surface area contributed by atoms with Crippen molar-refractivity contribution in [1.29, 1.82) is 0 Å². The van der Waals surface area contributed by atoms with Crippen LogP contribution < -0.4 is 10.6 Å². The summed E-state index contributed by atoms with van der Waals surface area (Å²) in [7, 11) is 0. The highest BCUT2D eigenvalue weighted by Crippen LogP contribution is 2.27. The molecule has 1 saturated carbocycles. The van der Waals surface area contributed by atoms with E-state index in [1.807, 2.05) is 32.9 Å². The summed E-state index contributed by atoms with van der Waals surface area (Å²) in [4.78, 5) is 11.9. The molecule has 0 radical (unpaired) electrons. The Kier molecular flexibility index (Phi) is 5.76. The number of carbonyl (C=O) groups excluding carboxylic acids is 1. The van der Waals surface area contributed by atoms with Gasteiger partial charge in [0.15, 0.2) is 0 Å². The minimum absolute atomic E-state index is 0.0335. The number of alkyl carbamates (subject to hydrolysis) is 1. The Balaban J connectivity index is 1.89. The van der Waals surface area contributed by atoms with Crippen LogP contribution in [0.5, 0.6) is 5.75 Å². The van der Waals surface area contributed by atoms with Crippen molar-refractivity contribution in [1.82, 2.24) is 10.6 Å². The molecule has 2 atom stereocenters. The molecule has 1 aliphatic rings. The number of amides is 1. The highest BCUT2D eigenvalue weighted by molar-refractivity contribution is 6.32. The molecule has 2 unspecified atom stereocenters. The van der Waals surface area contributed by atoms with Gasteiger partial charge in [-0.2, -0.15) is 0 Å². The van der Waals surface area contributed by atoms with E-state index < -0.39 is 5.60 Å². The highest BCUT2D eigenvalue weighted by atomic mass is 35.5. The zero-order valence-electron chi connectivity index (χ0n) is 13.9. The van der Waals surface area contributed by atoms with Gasteiger partial charge in [0.2, 0.25) is 0 Å². The predicted octanol–water partition coefficient (Wildman–Crippen LogP) is 3.58. The molecular formula is C17H25ClN2O3. The van der Waals surface area contributed by atoms with Crippen LogP contribution >= 0.6 is 11.6 Å². The first-order valence-corrected chi connectivity index (χ1v) is 8.33. The summed E-state index contributed by atoms with van der Waals surface area (Å²) in [6.07, 6.45) is 2.54. The SMILES string of the molecule is CC(C)(C)OC(=O)NC1CCCC1NCc1cccc(Cl)c1O. The minimum atomic E-state index is -0.502. The molecular weight excluding hydrogens is 316 g/mol. The molecule has 1 aromatic carbocycles. The van der Waals surface area contributed by atoms with Crippen LogP contribution in [0.4, 0.5) is 4.79 Å². The number of phenolic OH excluding ortho intramolecular Hbond substituents is 1. The molecule has 1 amide bonds. The van der Waals surface area contributed by atoms with Gasteiger partial charge in [-0.15, -0.1) is 0 Å². The summed E-state index contributed by atoms with van der Waals surface area (Å²) in [5, 5.41) is 16.6. The van der Waals surface area contributed by atoms with Gasteiger partial charge in [-0.1, -0.05) is 23.7 Å². The van der Waals surface area contributed by atoms with Gasteiger partial charge in [0.05, 0.1) is 5.02 Å². The largest absolute Gasteiger partial charge is 0.506 e. The third-order valence-corrected chi connectivity index (χ3v) is 4.15. The molecule has 0 aliphatic heterocycles. The molecule has 0 aromatic heterocycles. The highest BCUT2D eigenvalue weighted by Gasteiger charge is 2.29. The first kappa shape index (κ1) is 17.9. The van der Waals surface area contributed by atoms with Gasteiger partial charge >= 0.3 is 6.09 Å². The molecule has 1 aliphatic carbocycles. The summed E-state index contributed by atoms with van der Waals surface area (Å²) in [5.74, 6) is 0.108. The van der Waals surface area contributed by atoms with Crippen LogP contribution in [-0.2, 0) is 11.3 Å². The summed E-state index contributed by atoms with van der Waals surface area (Å²) >= 11 is 5.92. The molecule has 2 rings (SSSR count). The van der Waals surface area contributed by atoms with Crippen LogP contribution in [0.15, 0.2) is 18.2 Å². The number of phenols is 1. The monoisotopic (exact) mass is 340 g/mol. The molecule has 0 spiro atoms. The molecule has 3 N–H and O–H groups in total. The van der Waals surface area contributed by atoms with Crippen LogP contribution in [0.1, 0.15) is 45.6 Å². The molecule has 0 bridgehead atoms. The number of ether oxygens (including phenoxy) is 1. The van der Waals surface area contributed by atoms with Crippen molar-refractivity contribution >= 4 is 17.7 Å². The first-order chi connectivity index (χ1) is 10.8. The summed E-state index contributed by atoms with van der Waals surface area (Å²) < 4.78 is 5.31. The lowest BCUT2D eigenvalue weighted by molar-refractivity contribution is 0.0498. The maximum absolute atomic E-state index is 11.9. The lowest BCUT2D eigenvalue weighted by atomic mass is 10.1. The topological polar surface area (TPSA) is 70.6 Å². The predicted molar refractivity (Wildman–Crippen MR) is 90.8 cm³/mol. The van der Waals surface area contributed by atoms with Crippen molar-refractivity contribution in [3.8, 4) is 5.75 Å². The van der Waals surface area contributed by atoms with E-state index in [0.717, 1.165) is 24.8 Å². The third kappa shape index (κ3) is 5.29. The maximum Gasteiger partial charge on any atom is 0.407 e. The number of nitrogens with one attached hydrogen (secondary N) is 2. The second-order valence-electron chi connectivity index (χ2n) is 6.92. The normalized spacial score (nSPS) is 21.2. The van der Waals surface area contributed by atoms with Crippen LogP contribution in [0.3, 0.4) is 0 Å². The fraction of sp³-hybridized carbons (Fsp3) is 0.588. The van der Waals surface area contributed by atoms with Crippen molar-refractivity contribution in [2.24, 2.45) is 0 Å². The average molecular weight is 341 g/mol. The molecule has 23 heavy (non-hydrogen) atoms. The van der Waals surface area contributed by atoms with Gasteiger partial charge < -0.3 is 20.5 Å². The number of hydrogen-bond acceptors (Lipinski definition) is 4. The summed E-state index contributed by atoms with van der Waals surface area (Å²) in [5.41, 5.74) is 0.249. The van der Waals surface area contributed by atoms with Crippen LogP contribution in [0.2, 0.25) is 5.02 Å². The van der Waals surface area contributed by atoms with Crippen molar-refractivity contribution in [2.45, 2.75) is 64.3 Å². The zero-order valence-corrected chi connectivity index (χ0v) is 14.6. The Morgan fingerprint density at radius 2 is 2.04 bits per heavy atom. The molecule has 1 fully saturated rings. The standard InChI is InChI=1S/C17H25ClN2O3/c1-17(2,3)23-16(22)20-14-9-5-8-13(14)19-10-11-6-4-7-12(18)15(11)21/h4,6-7,13-14,19,21H,5,8-10H2,1-3H3,(H,20,22). The average Bonchev–Trinajstić information content (AvgIpc) is 2.85. The van der Waals surface area contributed by atoms with E-state index in [4.69, 9.17) is 16.3 Å². The lowest BCUT2D eigenvalue weighted by Crippen LogP contribution is -2.47. The van der Waals surface area contributed by atoms with Gasteiger partial charge in [0.25, 0.3) is 0 Å². The number of aromatic hydroxyl groups is 1. The molecule has 1 aromatic rings. The van der Waals surface area contributed by atoms with E-state index in [2.05, 4.69) is 10.6 Å². The summed E-state index contributed by atoms with van der Waals surface area (Å²) in [6, 6.07) is 5.49. The van der Waals surface area contributed by atoms with Gasteiger partial charge in [-0.05, 0) is 46.1 Å². The summed E-state index contributed by atoms with van der Waals surface area (Å²) in [6.45, 7) is 6.04. The Labute approximate surface area is 142 Å². The zero-order chi connectivity index (χ0) is 17.0. The van der Waals surface area contributed by atoms with Gasteiger partial charge in [0.1, 0.15) is 11.4 Å². The number of para-hydroxylation sites is 1. The van der Waals surface area contributed by atoms with Crippen LogP contribution in [0.25, 0.3) is 0 Å². The number of halogens is 1. The number of benzene rings is 1. The van der Waals surface area contributed by atoms with E-state index in [1.54, 1.807) is 6.07 Å². The second-order valence-corrected chi connectivity index (χ2v) is 7.33. The van der Waals surface area contributed by atoms with Crippen molar-refractivity contribution in [3.05, 3.63) is 28.8 Å². The fourth-order valence-electron chi connectivity index (χ4n) is 2.78. The smallest absolute Gasteiger partial charge is 0.407 e. The molecule has 0 saturated heterocycles. The quantitative estimate of drug-likeness (QED) is 0.783. The third-order valence-electron chi connectivity index (χ3n) is 3.84. The van der Waals surface area contributed by atoms with E-state index in [0.29, 0.717) is 11.6 Å². The number of rotatable bonds is 4. The van der Waals surface area contributed by atoms with Gasteiger partial charge in [-0.25, -0.2) is 4.79 Å². The first-order valence-electron chi connectivity index (χ1n) is 7.95. The van der Waals surface area contributed by atoms with Crippen molar-refractivity contribution < 1.29 is 14.6 Å². The van der Waals surface area contributed by atoms with Crippen molar-refractivity contribution in [3.63, 3.8) is 0 Å². The van der Waals surface area contributed by atoms with E-state index in [-0.39, 0.29) is 23.9 Å². The molecule has 5 nitrogen and oxygen atoms in total. The second kappa shape index (κ2) is 7.41. The fourth-order valence-corrected chi connectivity index (χ4v) is 2.97. The van der Waals surface area contributed by atoms with E-state index in [1.165, 1.54) is 0 Å². The van der Waals surface area contributed by atoms with Gasteiger partial charge in [-0.3, -0.25) is 0 Å². The van der Waals surface area contributed by atoms with E-state index in [9.17, 15) is 9.90 Å². The van der Waals surface area contributed by atoms with Crippen molar-refractivity contribution in [2.75, 3.05) is 0 Å². The van der Waals surface area contributed by atoms with Crippen LogP contribution in [0, 0.1) is 0 Å². The number of carbonyl (C=O) groups is 1. The molecule has 6 heteroatoms. The Morgan fingerprint density at radius 1 is 1.35 bits per heavy atom. The van der Waals surface area contributed by atoms with Gasteiger partial charge in [0, 0.05) is 24.2 Å². The molecule has 0 heterocycles. The Hall–Kier alpha value is -1.46. The minimum Gasteiger partial charge on any atom is -0.506 e. The lowest BCUT2D eigenvalue weighted by Gasteiger charge is -2.25. The maximum atomic E-state index is 11.9. The Bertz CT molecular complexity index is 557. The van der Waals surface area contributed by atoms with E-state index >= 15 is 0 Å². The Morgan fingerprint density at radius 3 is 2.74 bits per heavy atom. The van der Waals surface area contributed by atoms with Crippen LogP contribution in [-0.4, -0.2) is 28.9 Å². The molecule has 128 valence electrons.